The van der Waals surface area contributed by atoms with Crippen molar-refractivity contribution in [1.29, 1.82) is 0 Å². The van der Waals surface area contributed by atoms with E-state index in [0.717, 1.165) is 18.4 Å². The second kappa shape index (κ2) is 5.85. The molecular formula is C15H16Cl2N2O2. The largest absolute Gasteiger partial charge is 0.352 e. The normalized spacial score (nSPS) is 21.7. The van der Waals surface area contributed by atoms with Crippen molar-refractivity contribution in [1.82, 2.24) is 10.2 Å². The van der Waals surface area contributed by atoms with Gasteiger partial charge in [-0.2, -0.15) is 0 Å². The summed E-state index contributed by atoms with van der Waals surface area (Å²) in [5, 5.41) is 3.95. The van der Waals surface area contributed by atoms with E-state index in [9.17, 15) is 9.59 Å². The third-order valence-corrected chi connectivity index (χ3v) is 4.57. The molecule has 1 saturated heterocycles. The summed E-state index contributed by atoms with van der Waals surface area (Å²) in [6.07, 6.45) is 2.46. The topological polar surface area (TPSA) is 49.4 Å². The van der Waals surface area contributed by atoms with Crippen LogP contribution in [0.15, 0.2) is 18.2 Å². The smallest absolute Gasteiger partial charge is 0.225 e. The van der Waals surface area contributed by atoms with Crippen LogP contribution in [0, 0.1) is 5.92 Å². The molecule has 21 heavy (non-hydrogen) atoms. The highest BCUT2D eigenvalue weighted by atomic mass is 35.5. The highest BCUT2D eigenvalue weighted by Gasteiger charge is 2.41. The summed E-state index contributed by atoms with van der Waals surface area (Å²) in [5.74, 6) is -0.233. The van der Waals surface area contributed by atoms with Crippen LogP contribution in [0.25, 0.3) is 0 Å². The Labute approximate surface area is 133 Å². The summed E-state index contributed by atoms with van der Waals surface area (Å²) in [5.41, 5.74) is 0.817. The third-order valence-electron chi connectivity index (χ3n) is 3.99. The van der Waals surface area contributed by atoms with Gasteiger partial charge < -0.3 is 10.2 Å². The average molecular weight is 327 g/mol. The Balaban J connectivity index is 1.56. The minimum Gasteiger partial charge on any atom is -0.352 e. The van der Waals surface area contributed by atoms with Crippen LogP contribution < -0.4 is 5.32 Å². The lowest BCUT2D eigenvalue weighted by molar-refractivity contribution is -0.129. The maximum absolute atomic E-state index is 12.2. The first-order chi connectivity index (χ1) is 10.0. The molecule has 1 heterocycles. The zero-order valence-corrected chi connectivity index (χ0v) is 13.0. The van der Waals surface area contributed by atoms with E-state index < -0.39 is 0 Å². The Morgan fingerprint density at radius 3 is 2.76 bits per heavy atom. The summed E-state index contributed by atoms with van der Waals surface area (Å²) >= 11 is 11.9. The molecule has 0 radical (unpaired) electrons. The van der Waals surface area contributed by atoms with E-state index >= 15 is 0 Å². The van der Waals surface area contributed by atoms with Crippen LogP contribution in [-0.4, -0.2) is 29.3 Å². The molecular weight excluding hydrogens is 311 g/mol. The number of carbonyl (C=O) groups excluding carboxylic acids is 2. The van der Waals surface area contributed by atoms with Crippen molar-refractivity contribution in [2.24, 2.45) is 5.92 Å². The third kappa shape index (κ3) is 3.33. The Morgan fingerprint density at radius 2 is 2.10 bits per heavy atom. The molecule has 1 aliphatic carbocycles. The summed E-state index contributed by atoms with van der Waals surface area (Å²) in [6.45, 7) is 0.895. The van der Waals surface area contributed by atoms with E-state index in [0.29, 0.717) is 35.6 Å². The second-order valence-corrected chi connectivity index (χ2v) is 6.48. The molecule has 6 heteroatoms. The molecule has 1 atom stereocenters. The molecule has 1 saturated carbocycles. The minimum absolute atomic E-state index is 0.0856. The van der Waals surface area contributed by atoms with Crippen LogP contribution in [0.2, 0.25) is 10.0 Å². The Hall–Kier alpha value is -1.26. The van der Waals surface area contributed by atoms with Crippen LogP contribution in [0.1, 0.15) is 24.8 Å². The highest BCUT2D eigenvalue weighted by Crippen LogP contribution is 2.32. The van der Waals surface area contributed by atoms with Crippen molar-refractivity contribution < 1.29 is 9.59 Å². The van der Waals surface area contributed by atoms with Crippen molar-refractivity contribution in [3.63, 3.8) is 0 Å². The second-order valence-electron chi connectivity index (χ2n) is 5.63. The lowest BCUT2D eigenvalue weighted by Gasteiger charge is -2.15. The summed E-state index contributed by atoms with van der Waals surface area (Å²) in [7, 11) is 0. The van der Waals surface area contributed by atoms with Gasteiger partial charge in [-0.05, 0) is 30.5 Å². The Morgan fingerprint density at radius 1 is 1.33 bits per heavy atom. The van der Waals surface area contributed by atoms with E-state index in [1.54, 1.807) is 18.2 Å². The van der Waals surface area contributed by atoms with Crippen molar-refractivity contribution in [2.45, 2.75) is 31.8 Å². The lowest BCUT2D eigenvalue weighted by atomic mass is 10.1. The molecule has 2 fully saturated rings. The van der Waals surface area contributed by atoms with Gasteiger partial charge in [0.25, 0.3) is 0 Å². The van der Waals surface area contributed by atoms with Gasteiger partial charge in [0.2, 0.25) is 11.8 Å². The number of nitrogens with one attached hydrogen (secondary N) is 1. The molecule has 2 aliphatic rings. The number of benzene rings is 1. The van der Waals surface area contributed by atoms with Crippen molar-refractivity contribution >= 4 is 35.0 Å². The van der Waals surface area contributed by atoms with Crippen LogP contribution in [-0.2, 0) is 16.1 Å². The van der Waals surface area contributed by atoms with Gasteiger partial charge in [-0.25, -0.2) is 0 Å². The SMILES string of the molecule is O=C(NCc1ccc(Cl)cc1Cl)C1CC(=O)N(C2CC2)C1. The first kappa shape index (κ1) is 14.7. The van der Waals surface area contributed by atoms with Gasteiger partial charge in [-0.15, -0.1) is 0 Å². The Bertz CT molecular complexity index is 587. The van der Waals surface area contributed by atoms with Gasteiger partial charge >= 0.3 is 0 Å². The van der Waals surface area contributed by atoms with E-state index in [1.165, 1.54) is 0 Å². The highest BCUT2D eigenvalue weighted by molar-refractivity contribution is 6.35. The number of likely N-dealkylation sites (tertiary alicyclic amines) is 1. The average Bonchev–Trinajstić information content (AvgIpc) is 3.20. The van der Waals surface area contributed by atoms with Crippen molar-refractivity contribution in [3.8, 4) is 0 Å². The summed E-state index contributed by atoms with van der Waals surface area (Å²) < 4.78 is 0. The standard InChI is InChI=1S/C15H16Cl2N2O2/c16-11-2-1-9(13(17)6-11)7-18-15(21)10-5-14(20)19(8-10)12-3-4-12/h1-2,6,10,12H,3-5,7-8H2,(H,18,21). The number of nitrogens with zero attached hydrogens (tertiary/aromatic N) is 1. The van der Waals surface area contributed by atoms with E-state index in [4.69, 9.17) is 23.2 Å². The maximum Gasteiger partial charge on any atom is 0.225 e. The van der Waals surface area contributed by atoms with Gasteiger partial charge in [0.05, 0.1) is 5.92 Å². The van der Waals surface area contributed by atoms with Gasteiger partial charge in [0.1, 0.15) is 0 Å². The number of amides is 2. The number of hydrogen-bond acceptors (Lipinski definition) is 2. The number of rotatable bonds is 4. The van der Waals surface area contributed by atoms with Gasteiger partial charge in [0, 0.05) is 35.6 Å². The molecule has 1 N–H and O–H groups in total. The lowest BCUT2D eigenvalue weighted by Crippen LogP contribution is -2.33. The summed E-state index contributed by atoms with van der Waals surface area (Å²) in [4.78, 5) is 25.9. The van der Waals surface area contributed by atoms with Crippen molar-refractivity contribution in [2.75, 3.05) is 6.54 Å². The molecule has 3 rings (SSSR count). The quantitative estimate of drug-likeness (QED) is 0.924. The van der Waals surface area contributed by atoms with Crippen LogP contribution in [0.4, 0.5) is 0 Å². The molecule has 0 spiro atoms. The first-order valence-corrected chi connectivity index (χ1v) is 7.81. The predicted octanol–water partition coefficient (Wildman–Crippen LogP) is 2.62. The van der Waals surface area contributed by atoms with Crippen molar-refractivity contribution in [3.05, 3.63) is 33.8 Å². The molecule has 1 aromatic rings. The molecule has 1 aromatic carbocycles. The van der Waals surface area contributed by atoms with Gasteiger partial charge in [0.15, 0.2) is 0 Å². The fourth-order valence-corrected chi connectivity index (χ4v) is 3.11. The fourth-order valence-electron chi connectivity index (χ4n) is 2.64. The van der Waals surface area contributed by atoms with Gasteiger partial charge in [-0.3, -0.25) is 9.59 Å². The molecule has 0 aromatic heterocycles. The first-order valence-electron chi connectivity index (χ1n) is 7.05. The van der Waals surface area contributed by atoms with E-state index in [-0.39, 0.29) is 17.7 Å². The van der Waals surface area contributed by atoms with Gasteiger partial charge in [-0.1, -0.05) is 29.3 Å². The molecule has 4 nitrogen and oxygen atoms in total. The number of halogens is 2. The molecule has 1 unspecified atom stereocenters. The maximum atomic E-state index is 12.2. The molecule has 112 valence electrons. The number of carbonyl (C=O) groups is 2. The minimum atomic E-state index is -0.246. The monoisotopic (exact) mass is 326 g/mol. The molecule has 0 bridgehead atoms. The Kier molecular flexibility index (Phi) is 4.09. The number of hydrogen-bond donors (Lipinski definition) is 1. The molecule has 1 aliphatic heterocycles. The summed E-state index contributed by atoms with van der Waals surface area (Å²) in [6, 6.07) is 5.56. The van der Waals surface area contributed by atoms with E-state index in [1.807, 2.05) is 4.90 Å². The van der Waals surface area contributed by atoms with Crippen LogP contribution in [0.3, 0.4) is 0 Å². The van der Waals surface area contributed by atoms with Crippen LogP contribution >= 0.6 is 23.2 Å². The zero-order valence-electron chi connectivity index (χ0n) is 11.4. The fraction of sp³-hybridized carbons (Fsp3) is 0.467. The van der Waals surface area contributed by atoms with E-state index in [2.05, 4.69) is 5.32 Å². The zero-order chi connectivity index (χ0) is 15.0. The predicted molar refractivity (Wildman–Crippen MR) is 81.2 cm³/mol. The van der Waals surface area contributed by atoms with Crippen LogP contribution in [0.5, 0.6) is 0 Å². The molecule has 2 amide bonds.